The summed E-state index contributed by atoms with van der Waals surface area (Å²) in [7, 11) is 0. The minimum atomic E-state index is -0.309. The third-order valence-corrected chi connectivity index (χ3v) is 4.48. The number of para-hydroxylation sites is 1. The summed E-state index contributed by atoms with van der Waals surface area (Å²) in [6.45, 7) is 3.78. The SMILES string of the molecule is Cc1ccc2[nH]c3c(=O)n(CC(=O)Nc4ccccc4C)ncc3c2c1. The van der Waals surface area contributed by atoms with Crippen LogP contribution in [0.15, 0.2) is 53.5 Å². The highest BCUT2D eigenvalue weighted by atomic mass is 16.2. The van der Waals surface area contributed by atoms with E-state index >= 15 is 0 Å². The van der Waals surface area contributed by atoms with Gasteiger partial charge in [-0.25, -0.2) is 4.68 Å². The number of anilines is 1. The number of H-pyrrole nitrogens is 1. The molecule has 2 aromatic heterocycles. The molecule has 0 aliphatic carbocycles. The second-order valence-corrected chi connectivity index (χ2v) is 6.43. The Bertz CT molecular complexity index is 1200. The molecule has 6 nitrogen and oxygen atoms in total. The van der Waals surface area contributed by atoms with Crippen LogP contribution in [-0.2, 0) is 11.3 Å². The molecule has 0 aliphatic rings. The maximum Gasteiger partial charge on any atom is 0.291 e. The van der Waals surface area contributed by atoms with E-state index < -0.39 is 0 Å². The number of nitrogens with one attached hydrogen (secondary N) is 2. The summed E-state index contributed by atoms with van der Waals surface area (Å²) in [5.74, 6) is -0.291. The zero-order valence-electron chi connectivity index (χ0n) is 14.5. The largest absolute Gasteiger partial charge is 0.350 e. The van der Waals surface area contributed by atoms with E-state index in [4.69, 9.17) is 0 Å². The zero-order chi connectivity index (χ0) is 18.3. The van der Waals surface area contributed by atoms with Gasteiger partial charge in [0.05, 0.1) is 6.20 Å². The molecule has 1 amide bonds. The van der Waals surface area contributed by atoms with Gasteiger partial charge in [0.1, 0.15) is 12.1 Å². The highest BCUT2D eigenvalue weighted by Gasteiger charge is 2.13. The minimum Gasteiger partial charge on any atom is -0.350 e. The van der Waals surface area contributed by atoms with Crippen LogP contribution in [0.2, 0.25) is 0 Å². The number of carbonyl (C=O) groups is 1. The third-order valence-electron chi connectivity index (χ3n) is 4.48. The summed E-state index contributed by atoms with van der Waals surface area (Å²) in [5.41, 5.74) is 3.84. The van der Waals surface area contributed by atoms with Crippen molar-refractivity contribution in [3.05, 3.63) is 70.1 Å². The van der Waals surface area contributed by atoms with Crippen LogP contribution < -0.4 is 10.9 Å². The monoisotopic (exact) mass is 346 g/mol. The standard InChI is InChI=1S/C20H18N4O2/c1-12-7-8-17-14(9-12)15-10-21-24(20(26)19(15)23-17)11-18(25)22-16-6-4-3-5-13(16)2/h3-10,23H,11H2,1-2H3,(H,22,25). The van der Waals surface area contributed by atoms with Crippen LogP contribution in [-0.4, -0.2) is 20.7 Å². The van der Waals surface area contributed by atoms with Crippen molar-refractivity contribution in [1.82, 2.24) is 14.8 Å². The number of rotatable bonds is 3. The first-order valence-corrected chi connectivity index (χ1v) is 8.36. The number of amides is 1. The van der Waals surface area contributed by atoms with E-state index in [-0.39, 0.29) is 18.0 Å². The lowest BCUT2D eigenvalue weighted by Crippen LogP contribution is -2.29. The molecular weight excluding hydrogens is 328 g/mol. The van der Waals surface area contributed by atoms with Gasteiger partial charge in [0, 0.05) is 22.0 Å². The van der Waals surface area contributed by atoms with E-state index in [1.807, 2.05) is 56.3 Å². The van der Waals surface area contributed by atoms with Crippen LogP contribution in [0.5, 0.6) is 0 Å². The minimum absolute atomic E-state index is 0.141. The first-order valence-electron chi connectivity index (χ1n) is 8.36. The van der Waals surface area contributed by atoms with Gasteiger partial charge in [-0.3, -0.25) is 9.59 Å². The van der Waals surface area contributed by atoms with Crippen molar-refractivity contribution in [3.63, 3.8) is 0 Å². The summed E-state index contributed by atoms with van der Waals surface area (Å²) >= 11 is 0. The molecule has 6 heteroatoms. The number of aryl methyl sites for hydroxylation is 2. The van der Waals surface area contributed by atoms with Crippen LogP contribution in [0, 0.1) is 13.8 Å². The maximum absolute atomic E-state index is 12.7. The molecular formula is C20H18N4O2. The maximum atomic E-state index is 12.7. The highest BCUT2D eigenvalue weighted by Crippen LogP contribution is 2.23. The van der Waals surface area contributed by atoms with Crippen molar-refractivity contribution in [3.8, 4) is 0 Å². The van der Waals surface area contributed by atoms with Crippen molar-refractivity contribution in [1.29, 1.82) is 0 Å². The fourth-order valence-corrected chi connectivity index (χ4v) is 3.09. The molecule has 0 atom stereocenters. The zero-order valence-corrected chi connectivity index (χ0v) is 14.5. The number of hydrogen-bond acceptors (Lipinski definition) is 3. The first kappa shape index (κ1) is 16.1. The Morgan fingerprint density at radius 2 is 1.96 bits per heavy atom. The molecule has 4 rings (SSSR count). The Hall–Kier alpha value is -3.41. The smallest absolute Gasteiger partial charge is 0.291 e. The Kier molecular flexibility index (Phi) is 3.80. The Morgan fingerprint density at radius 1 is 1.15 bits per heavy atom. The number of aromatic nitrogens is 3. The number of nitrogens with zero attached hydrogens (tertiary/aromatic N) is 2. The molecule has 2 aromatic carbocycles. The lowest BCUT2D eigenvalue weighted by molar-refractivity contribution is -0.117. The Labute approximate surface area is 149 Å². The van der Waals surface area contributed by atoms with E-state index in [2.05, 4.69) is 15.4 Å². The van der Waals surface area contributed by atoms with Gasteiger partial charge in [0.15, 0.2) is 0 Å². The predicted molar refractivity (Wildman–Crippen MR) is 102 cm³/mol. The number of carbonyl (C=O) groups excluding carboxylic acids is 1. The van der Waals surface area contributed by atoms with Gasteiger partial charge >= 0.3 is 0 Å². The summed E-state index contributed by atoms with van der Waals surface area (Å²) < 4.78 is 1.18. The quantitative estimate of drug-likeness (QED) is 0.598. The average Bonchev–Trinajstić information content (AvgIpc) is 2.98. The molecule has 0 bridgehead atoms. The number of hydrogen-bond donors (Lipinski definition) is 2. The Balaban J connectivity index is 1.68. The Morgan fingerprint density at radius 3 is 2.77 bits per heavy atom. The summed E-state index contributed by atoms with van der Waals surface area (Å²) in [5, 5.41) is 8.73. The molecule has 0 unspecified atom stereocenters. The van der Waals surface area contributed by atoms with Crippen LogP contribution in [0.3, 0.4) is 0 Å². The number of benzene rings is 2. The van der Waals surface area contributed by atoms with Crippen molar-refractivity contribution in [2.75, 3.05) is 5.32 Å². The van der Waals surface area contributed by atoms with Crippen molar-refractivity contribution >= 4 is 33.4 Å². The molecule has 130 valence electrons. The van der Waals surface area contributed by atoms with Gasteiger partial charge in [-0.1, -0.05) is 29.8 Å². The molecule has 0 spiro atoms. The molecule has 4 aromatic rings. The van der Waals surface area contributed by atoms with Crippen molar-refractivity contribution in [2.45, 2.75) is 20.4 Å². The number of aromatic amines is 1. The van der Waals surface area contributed by atoms with Gasteiger partial charge in [-0.15, -0.1) is 0 Å². The first-order chi connectivity index (χ1) is 12.5. The van der Waals surface area contributed by atoms with E-state index in [0.29, 0.717) is 5.52 Å². The fourth-order valence-electron chi connectivity index (χ4n) is 3.09. The van der Waals surface area contributed by atoms with Crippen LogP contribution >= 0.6 is 0 Å². The van der Waals surface area contributed by atoms with Crippen LogP contribution in [0.1, 0.15) is 11.1 Å². The average molecular weight is 346 g/mol. The molecule has 2 heterocycles. The van der Waals surface area contributed by atoms with E-state index in [0.717, 1.165) is 33.1 Å². The van der Waals surface area contributed by atoms with E-state index in [9.17, 15) is 9.59 Å². The van der Waals surface area contributed by atoms with E-state index in [1.54, 1.807) is 6.20 Å². The van der Waals surface area contributed by atoms with Gasteiger partial charge < -0.3 is 10.3 Å². The normalized spacial score (nSPS) is 11.2. The molecule has 0 aliphatic heterocycles. The second kappa shape index (κ2) is 6.15. The van der Waals surface area contributed by atoms with Crippen LogP contribution in [0.25, 0.3) is 21.8 Å². The van der Waals surface area contributed by atoms with Gasteiger partial charge in [0.2, 0.25) is 5.91 Å². The molecule has 26 heavy (non-hydrogen) atoms. The van der Waals surface area contributed by atoms with Crippen molar-refractivity contribution in [2.24, 2.45) is 0 Å². The molecule has 0 saturated heterocycles. The summed E-state index contributed by atoms with van der Waals surface area (Å²) in [4.78, 5) is 28.2. The third kappa shape index (κ3) is 2.75. The number of fused-ring (bicyclic) bond motifs is 3. The van der Waals surface area contributed by atoms with Gasteiger partial charge in [-0.2, -0.15) is 5.10 Å². The topological polar surface area (TPSA) is 79.8 Å². The molecule has 2 N–H and O–H groups in total. The fraction of sp³-hybridized carbons (Fsp3) is 0.150. The van der Waals surface area contributed by atoms with Gasteiger partial charge in [0.25, 0.3) is 5.56 Å². The lowest BCUT2D eigenvalue weighted by Gasteiger charge is -2.08. The van der Waals surface area contributed by atoms with Crippen LogP contribution in [0.4, 0.5) is 5.69 Å². The summed E-state index contributed by atoms with van der Waals surface area (Å²) in [6.07, 6.45) is 1.63. The lowest BCUT2D eigenvalue weighted by atomic mass is 10.1. The van der Waals surface area contributed by atoms with Gasteiger partial charge in [-0.05, 0) is 37.6 Å². The molecule has 0 fully saturated rings. The van der Waals surface area contributed by atoms with E-state index in [1.165, 1.54) is 4.68 Å². The molecule has 0 radical (unpaired) electrons. The van der Waals surface area contributed by atoms with Crippen molar-refractivity contribution < 1.29 is 4.79 Å². The predicted octanol–water partition coefficient (Wildman–Crippen LogP) is 3.13. The highest BCUT2D eigenvalue weighted by molar-refractivity contribution is 6.06. The molecule has 0 saturated carbocycles. The second-order valence-electron chi connectivity index (χ2n) is 6.43. The summed E-state index contributed by atoms with van der Waals surface area (Å²) in [6, 6.07) is 13.4.